The Kier molecular flexibility index (Phi) is 5.12. The minimum Gasteiger partial charge on any atom is -0.343 e. The third-order valence-electron chi connectivity index (χ3n) is 4.15. The number of halogens is 1. The lowest BCUT2D eigenvalue weighted by atomic mass is 9.96. The maximum absolute atomic E-state index is 13.2. The third-order valence-corrected chi connectivity index (χ3v) is 4.15. The second-order valence-corrected chi connectivity index (χ2v) is 5.60. The van der Waals surface area contributed by atoms with Gasteiger partial charge in [-0.25, -0.2) is 4.39 Å². The van der Waals surface area contributed by atoms with Crippen LogP contribution in [0.3, 0.4) is 0 Å². The zero-order valence-electron chi connectivity index (χ0n) is 12.2. The first-order valence-corrected chi connectivity index (χ1v) is 7.30. The second kappa shape index (κ2) is 6.84. The minimum atomic E-state index is -0.239. The number of nitrogens with zero attached hydrogens (tertiary/aromatic N) is 1. The molecular formula is C16H23FN2O. The van der Waals surface area contributed by atoms with Crippen LogP contribution in [0.15, 0.2) is 24.3 Å². The molecule has 20 heavy (non-hydrogen) atoms. The van der Waals surface area contributed by atoms with E-state index in [2.05, 4.69) is 5.32 Å². The fourth-order valence-corrected chi connectivity index (χ4v) is 2.74. The molecule has 1 heterocycles. The van der Waals surface area contributed by atoms with Crippen molar-refractivity contribution in [2.24, 2.45) is 0 Å². The van der Waals surface area contributed by atoms with Gasteiger partial charge in [-0.2, -0.15) is 0 Å². The number of hydrogen-bond acceptors (Lipinski definition) is 2. The predicted molar refractivity (Wildman–Crippen MR) is 78.1 cm³/mol. The van der Waals surface area contributed by atoms with Crippen LogP contribution in [0, 0.1) is 5.82 Å². The maximum atomic E-state index is 13.2. The zero-order chi connectivity index (χ0) is 14.5. The molecule has 0 aliphatic carbocycles. The number of hydrogen-bond donors (Lipinski definition) is 1. The highest BCUT2D eigenvalue weighted by atomic mass is 19.1. The fraction of sp³-hybridized carbons (Fsp3) is 0.562. The molecule has 1 saturated heterocycles. The minimum absolute atomic E-state index is 0.0558. The smallest absolute Gasteiger partial charge is 0.223 e. The molecule has 3 nitrogen and oxygen atoms in total. The summed E-state index contributed by atoms with van der Waals surface area (Å²) in [5, 5.41) is 3.26. The highest BCUT2D eigenvalue weighted by molar-refractivity contribution is 5.77. The summed E-state index contributed by atoms with van der Waals surface area (Å²) in [6.45, 7) is 3.62. The molecule has 1 amide bonds. The largest absolute Gasteiger partial charge is 0.343 e. The van der Waals surface area contributed by atoms with Crippen LogP contribution in [0.25, 0.3) is 0 Å². The van der Waals surface area contributed by atoms with Gasteiger partial charge < -0.3 is 10.2 Å². The number of piperidine rings is 1. The summed E-state index contributed by atoms with van der Waals surface area (Å²) < 4.78 is 13.2. The van der Waals surface area contributed by atoms with Crippen molar-refractivity contribution >= 4 is 5.91 Å². The Bertz CT molecular complexity index is 456. The van der Waals surface area contributed by atoms with E-state index in [0.29, 0.717) is 12.5 Å². The van der Waals surface area contributed by atoms with E-state index >= 15 is 0 Å². The van der Waals surface area contributed by atoms with Crippen LogP contribution >= 0.6 is 0 Å². The summed E-state index contributed by atoms with van der Waals surface area (Å²) in [5.74, 6) is -0.00632. The first-order chi connectivity index (χ1) is 9.60. The molecule has 0 bridgehead atoms. The van der Waals surface area contributed by atoms with Crippen molar-refractivity contribution in [1.82, 2.24) is 10.2 Å². The first-order valence-electron chi connectivity index (χ1n) is 7.30. The highest BCUT2D eigenvalue weighted by Crippen LogP contribution is 2.22. The molecule has 2 rings (SSSR count). The van der Waals surface area contributed by atoms with Crippen LogP contribution in [0.4, 0.5) is 4.39 Å². The quantitative estimate of drug-likeness (QED) is 0.918. The van der Waals surface area contributed by atoms with Crippen molar-refractivity contribution < 1.29 is 9.18 Å². The monoisotopic (exact) mass is 278 g/mol. The topological polar surface area (TPSA) is 32.3 Å². The van der Waals surface area contributed by atoms with Gasteiger partial charge in [0.05, 0.1) is 0 Å². The predicted octanol–water partition coefficient (Wildman–Crippen LogP) is 2.53. The summed E-state index contributed by atoms with van der Waals surface area (Å²) in [6.07, 6.45) is 2.47. The summed E-state index contributed by atoms with van der Waals surface area (Å²) in [7, 11) is 1.97. The average molecular weight is 278 g/mol. The molecule has 1 aliphatic rings. The average Bonchev–Trinajstić information content (AvgIpc) is 2.47. The molecule has 1 aromatic rings. The molecule has 1 N–H and O–H groups in total. The zero-order valence-corrected chi connectivity index (χ0v) is 12.2. The molecule has 0 spiro atoms. The molecule has 0 radical (unpaired) electrons. The van der Waals surface area contributed by atoms with E-state index in [-0.39, 0.29) is 17.6 Å². The van der Waals surface area contributed by atoms with Crippen LogP contribution in [0.5, 0.6) is 0 Å². The lowest BCUT2D eigenvalue weighted by Gasteiger charge is -2.32. The van der Waals surface area contributed by atoms with Gasteiger partial charge in [-0.3, -0.25) is 4.79 Å². The van der Waals surface area contributed by atoms with E-state index in [1.807, 2.05) is 24.9 Å². The number of likely N-dealkylation sites (tertiary alicyclic amines) is 1. The standard InChI is InChI=1S/C16H23FN2O/c1-12(13-4-3-5-14(17)11-13)10-16(20)19-8-6-15(18-2)7-9-19/h3-5,11-12,15,18H,6-10H2,1-2H3. The Hall–Kier alpha value is -1.42. The van der Waals surface area contributed by atoms with Gasteiger partial charge in [-0.05, 0) is 43.5 Å². The lowest BCUT2D eigenvalue weighted by Crippen LogP contribution is -2.44. The van der Waals surface area contributed by atoms with E-state index < -0.39 is 0 Å². The second-order valence-electron chi connectivity index (χ2n) is 5.60. The van der Waals surface area contributed by atoms with E-state index in [4.69, 9.17) is 0 Å². The van der Waals surface area contributed by atoms with Crippen LogP contribution < -0.4 is 5.32 Å². The van der Waals surface area contributed by atoms with Crippen molar-refractivity contribution in [3.63, 3.8) is 0 Å². The molecule has 1 atom stereocenters. The summed E-state index contributed by atoms with van der Waals surface area (Å²) >= 11 is 0. The Morgan fingerprint density at radius 1 is 1.45 bits per heavy atom. The van der Waals surface area contributed by atoms with Crippen LogP contribution in [0.1, 0.15) is 37.7 Å². The number of rotatable bonds is 4. The fourth-order valence-electron chi connectivity index (χ4n) is 2.74. The summed E-state index contributed by atoms with van der Waals surface area (Å²) in [4.78, 5) is 14.2. The molecule has 1 aliphatic heterocycles. The first kappa shape index (κ1) is 15.0. The van der Waals surface area contributed by atoms with Crippen molar-refractivity contribution in [3.05, 3.63) is 35.6 Å². The molecule has 0 saturated carbocycles. The Morgan fingerprint density at radius 3 is 2.75 bits per heavy atom. The van der Waals surface area contributed by atoms with Gasteiger partial charge in [0.2, 0.25) is 5.91 Å². The van der Waals surface area contributed by atoms with Gasteiger partial charge in [0.15, 0.2) is 0 Å². The van der Waals surface area contributed by atoms with Gasteiger partial charge in [-0.1, -0.05) is 19.1 Å². The maximum Gasteiger partial charge on any atom is 0.223 e. The van der Waals surface area contributed by atoms with Gasteiger partial charge in [0, 0.05) is 25.6 Å². The Morgan fingerprint density at radius 2 is 2.15 bits per heavy atom. The summed E-state index contributed by atoms with van der Waals surface area (Å²) in [5.41, 5.74) is 0.892. The molecule has 110 valence electrons. The van der Waals surface area contributed by atoms with Crippen molar-refractivity contribution in [1.29, 1.82) is 0 Å². The lowest BCUT2D eigenvalue weighted by molar-refractivity contribution is -0.132. The van der Waals surface area contributed by atoms with Crippen molar-refractivity contribution in [2.45, 2.75) is 38.1 Å². The van der Waals surface area contributed by atoms with Crippen LogP contribution in [0.2, 0.25) is 0 Å². The summed E-state index contributed by atoms with van der Waals surface area (Å²) in [6, 6.07) is 7.06. The van der Waals surface area contributed by atoms with Crippen LogP contribution in [-0.2, 0) is 4.79 Å². The molecular weight excluding hydrogens is 255 g/mol. The molecule has 1 unspecified atom stereocenters. The molecule has 4 heteroatoms. The number of nitrogens with one attached hydrogen (secondary N) is 1. The SMILES string of the molecule is CNC1CCN(C(=O)CC(C)c2cccc(F)c2)CC1. The number of benzene rings is 1. The van der Waals surface area contributed by atoms with E-state index in [9.17, 15) is 9.18 Å². The van der Waals surface area contributed by atoms with Crippen molar-refractivity contribution in [3.8, 4) is 0 Å². The number of amides is 1. The van der Waals surface area contributed by atoms with Gasteiger partial charge in [-0.15, -0.1) is 0 Å². The number of carbonyl (C=O) groups excluding carboxylic acids is 1. The molecule has 0 aromatic heterocycles. The van der Waals surface area contributed by atoms with Gasteiger partial charge in [0.1, 0.15) is 5.82 Å². The van der Waals surface area contributed by atoms with E-state index in [0.717, 1.165) is 31.5 Å². The normalized spacial score (nSPS) is 18.1. The van der Waals surface area contributed by atoms with Crippen molar-refractivity contribution in [2.75, 3.05) is 20.1 Å². The van der Waals surface area contributed by atoms with E-state index in [1.54, 1.807) is 6.07 Å². The third kappa shape index (κ3) is 3.79. The Balaban J connectivity index is 1.88. The molecule has 1 fully saturated rings. The van der Waals surface area contributed by atoms with Crippen LogP contribution in [-0.4, -0.2) is 37.0 Å². The highest BCUT2D eigenvalue weighted by Gasteiger charge is 2.23. The number of carbonyl (C=O) groups is 1. The van der Waals surface area contributed by atoms with Gasteiger partial charge in [0.25, 0.3) is 0 Å². The molecule has 1 aromatic carbocycles. The van der Waals surface area contributed by atoms with Gasteiger partial charge >= 0.3 is 0 Å². The Labute approximate surface area is 120 Å². The van der Waals surface area contributed by atoms with E-state index in [1.165, 1.54) is 12.1 Å².